The van der Waals surface area contributed by atoms with Gasteiger partial charge in [-0.15, -0.1) is 0 Å². The van der Waals surface area contributed by atoms with E-state index in [4.69, 9.17) is 0 Å². The molecule has 0 spiro atoms. The Morgan fingerprint density at radius 1 is 0.833 bits per heavy atom. The number of hydrogen-bond acceptors (Lipinski definition) is 0. The Bertz CT molecular complexity index is 204. The molecular formula is C12H15. The molecule has 1 radical (unpaired) electrons. The molecule has 0 aliphatic heterocycles. The lowest BCUT2D eigenvalue weighted by molar-refractivity contribution is 0.864. The van der Waals surface area contributed by atoms with Crippen LogP contribution in [0.25, 0.3) is 0 Å². The van der Waals surface area contributed by atoms with Crippen LogP contribution in [0.2, 0.25) is 0 Å². The smallest absolute Gasteiger partial charge is 0.00948 e. The largest absolute Gasteiger partial charge is 0.0845 e. The van der Waals surface area contributed by atoms with E-state index in [-0.39, 0.29) is 0 Å². The molecule has 0 nitrogen and oxygen atoms in total. The number of rotatable bonds is 0. The number of hydrogen-bond donors (Lipinski definition) is 0. The van der Waals surface area contributed by atoms with Crippen molar-refractivity contribution in [3.05, 3.63) is 48.6 Å². The minimum atomic E-state index is 0.939. The summed E-state index contributed by atoms with van der Waals surface area (Å²) in [7, 11) is 0. The molecule has 0 saturated carbocycles. The van der Waals surface area contributed by atoms with Gasteiger partial charge < -0.3 is 0 Å². The first-order valence-electron chi connectivity index (χ1n) is 4.53. The zero-order valence-electron chi connectivity index (χ0n) is 7.37. The van der Waals surface area contributed by atoms with Crippen molar-refractivity contribution in [2.24, 2.45) is 0 Å². The van der Waals surface area contributed by atoms with Crippen molar-refractivity contribution >= 4 is 0 Å². The van der Waals surface area contributed by atoms with E-state index in [1.54, 1.807) is 0 Å². The van der Waals surface area contributed by atoms with Gasteiger partial charge in [0.1, 0.15) is 0 Å². The summed E-state index contributed by atoms with van der Waals surface area (Å²) < 4.78 is 0. The standard InChI is InChI=1S/C12H15/c1-2-4-6-8-10-12-11-9-7-5-3-1/h1-6,12H,7-9,11H2/b2-1-,5-3+,6-4+,12-10?. The summed E-state index contributed by atoms with van der Waals surface area (Å²) in [4.78, 5) is 0. The van der Waals surface area contributed by atoms with E-state index in [0.29, 0.717) is 0 Å². The topological polar surface area (TPSA) is 0 Å². The Kier molecular flexibility index (Phi) is 5.02. The molecular weight excluding hydrogens is 144 g/mol. The lowest BCUT2D eigenvalue weighted by atomic mass is 10.2. The van der Waals surface area contributed by atoms with Gasteiger partial charge in [0.05, 0.1) is 0 Å². The molecule has 0 heteroatoms. The molecule has 0 aromatic carbocycles. The van der Waals surface area contributed by atoms with Gasteiger partial charge in [-0.3, -0.25) is 0 Å². The first kappa shape index (κ1) is 9.05. The minimum Gasteiger partial charge on any atom is -0.0845 e. The van der Waals surface area contributed by atoms with Crippen LogP contribution >= 0.6 is 0 Å². The first-order chi connectivity index (χ1) is 6.00. The fourth-order valence-corrected chi connectivity index (χ4v) is 1.04. The van der Waals surface area contributed by atoms with Gasteiger partial charge in [0.15, 0.2) is 0 Å². The summed E-state index contributed by atoms with van der Waals surface area (Å²) in [5.74, 6) is 0. The normalized spacial score (nSPS) is 29.3. The third kappa shape index (κ3) is 4.73. The van der Waals surface area contributed by atoms with E-state index in [0.717, 1.165) is 12.8 Å². The Morgan fingerprint density at radius 3 is 2.58 bits per heavy atom. The van der Waals surface area contributed by atoms with Gasteiger partial charge in [0.2, 0.25) is 0 Å². The highest BCUT2D eigenvalue weighted by Crippen LogP contribution is 1.99. The van der Waals surface area contributed by atoms with Crippen LogP contribution in [-0.2, 0) is 0 Å². The molecule has 0 aromatic heterocycles. The maximum atomic E-state index is 3.23. The third-order valence-electron chi connectivity index (χ3n) is 1.70. The fourth-order valence-electron chi connectivity index (χ4n) is 1.04. The lowest BCUT2D eigenvalue weighted by Crippen LogP contribution is -1.70. The van der Waals surface area contributed by atoms with E-state index < -0.39 is 0 Å². The van der Waals surface area contributed by atoms with E-state index in [9.17, 15) is 0 Å². The summed E-state index contributed by atoms with van der Waals surface area (Å²) in [5.41, 5.74) is 0. The molecule has 0 aromatic rings. The van der Waals surface area contributed by atoms with Crippen molar-refractivity contribution in [1.29, 1.82) is 0 Å². The maximum absolute atomic E-state index is 3.23. The van der Waals surface area contributed by atoms with E-state index in [1.165, 1.54) is 12.8 Å². The Morgan fingerprint density at radius 2 is 1.67 bits per heavy atom. The Balaban J connectivity index is 2.42. The molecule has 0 amide bonds. The van der Waals surface area contributed by atoms with Crippen molar-refractivity contribution in [3.8, 4) is 0 Å². The monoisotopic (exact) mass is 159 g/mol. The van der Waals surface area contributed by atoms with E-state index in [2.05, 4.69) is 48.6 Å². The van der Waals surface area contributed by atoms with E-state index >= 15 is 0 Å². The van der Waals surface area contributed by atoms with Gasteiger partial charge >= 0.3 is 0 Å². The van der Waals surface area contributed by atoms with Gasteiger partial charge in [0.25, 0.3) is 0 Å². The van der Waals surface area contributed by atoms with Crippen LogP contribution in [0, 0.1) is 6.08 Å². The van der Waals surface area contributed by atoms with E-state index in [1.807, 2.05) is 0 Å². The molecule has 0 fully saturated rings. The quantitative estimate of drug-likeness (QED) is 0.506. The zero-order valence-corrected chi connectivity index (χ0v) is 7.37. The summed E-state index contributed by atoms with van der Waals surface area (Å²) in [6.45, 7) is 0. The second-order valence-corrected chi connectivity index (χ2v) is 2.78. The first-order valence-corrected chi connectivity index (χ1v) is 4.53. The van der Waals surface area contributed by atoms with Crippen LogP contribution in [0.3, 0.4) is 0 Å². The van der Waals surface area contributed by atoms with Crippen molar-refractivity contribution in [2.45, 2.75) is 25.7 Å². The van der Waals surface area contributed by atoms with Gasteiger partial charge in [0, 0.05) is 0 Å². The van der Waals surface area contributed by atoms with Crippen LogP contribution in [0.5, 0.6) is 0 Å². The highest BCUT2D eigenvalue weighted by atomic mass is 13.9. The molecule has 0 saturated heterocycles. The van der Waals surface area contributed by atoms with Gasteiger partial charge in [-0.2, -0.15) is 0 Å². The lowest BCUT2D eigenvalue weighted by Gasteiger charge is -1.89. The molecule has 0 unspecified atom stereocenters. The Hall–Kier alpha value is -1.04. The molecule has 63 valence electrons. The highest BCUT2D eigenvalue weighted by molar-refractivity contribution is 5.11. The minimum absolute atomic E-state index is 0.939. The summed E-state index contributed by atoms with van der Waals surface area (Å²) in [6.07, 6.45) is 22.5. The molecule has 0 heterocycles. The predicted molar refractivity (Wildman–Crippen MR) is 53.7 cm³/mol. The summed E-state index contributed by atoms with van der Waals surface area (Å²) >= 11 is 0. The highest BCUT2D eigenvalue weighted by Gasteiger charge is 1.80. The van der Waals surface area contributed by atoms with Gasteiger partial charge in [-0.1, -0.05) is 42.5 Å². The third-order valence-corrected chi connectivity index (χ3v) is 1.70. The average Bonchev–Trinajstić information content (AvgIpc) is 2.05. The number of allylic oxidation sites excluding steroid dienone is 8. The molecule has 1 aliphatic carbocycles. The second kappa shape index (κ2) is 6.66. The van der Waals surface area contributed by atoms with Gasteiger partial charge in [-0.05, 0) is 31.8 Å². The molecule has 1 rings (SSSR count). The predicted octanol–water partition coefficient (Wildman–Crippen LogP) is 3.59. The fraction of sp³-hybridized carbons (Fsp3) is 0.333. The van der Waals surface area contributed by atoms with Crippen molar-refractivity contribution in [3.63, 3.8) is 0 Å². The summed E-state index contributed by atoms with van der Waals surface area (Å²) in [6, 6.07) is 0. The molecule has 0 bridgehead atoms. The molecule has 1 aliphatic rings. The van der Waals surface area contributed by atoms with Crippen LogP contribution in [-0.4, -0.2) is 0 Å². The average molecular weight is 159 g/mol. The molecule has 0 atom stereocenters. The van der Waals surface area contributed by atoms with Crippen molar-refractivity contribution in [2.75, 3.05) is 0 Å². The van der Waals surface area contributed by atoms with Crippen LogP contribution in [0.4, 0.5) is 0 Å². The van der Waals surface area contributed by atoms with Gasteiger partial charge in [-0.25, -0.2) is 0 Å². The zero-order chi connectivity index (χ0) is 8.49. The second-order valence-electron chi connectivity index (χ2n) is 2.78. The van der Waals surface area contributed by atoms with Crippen LogP contribution < -0.4 is 0 Å². The van der Waals surface area contributed by atoms with Crippen molar-refractivity contribution < 1.29 is 0 Å². The maximum Gasteiger partial charge on any atom is -0.00948 e. The van der Waals surface area contributed by atoms with Crippen LogP contribution in [0.15, 0.2) is 42.5 Å². The molecule has 0 N–H and O–H groups in total. The molecule has 12 heavy (non-hydrogen) atoms. The SMILES string of the molecule is [C]1=C/CCC/C=C/C=C\C=C\C/1. The Labute approximate surface area is 75.0 Å². The van der Waals surface area contributed by atoms with Crippen LogP contribution in [0.1, 0.15) is 25.7 Å². The summed E-state index contributed by atoms with van der Waals surface area (Å²) in [5, 5.41) is 0. The van der Waals surface area contributed by atoms with Crippen molar-refractivity contribution in [1.82, 2.24) is 0 Å².